The number of furan rings is 1. The number of aromatic nitrogens is 4. The van der Waals surface area contributed by atoms with E-state index in [4.69, 9.17) is 24.4 Å². The van der Waals surface area contributed by atoms with Crippen LogP contribution in [0.5, 0.6) is 5.75 Å². The number of hydrogen-bond donors (Lipinski definition) is 1. The predicted octanol–water partition coefficient (Wildman–Crippen LogP) is 13.1. The first-order valence-electron chi connectivity index (χ1n) is 19.3. The van der Waals surface area contributed by atoms with Crippen molar-refractivity contribution in [3.63, 3.8) is 0 Å². The van der Waals surface area contributed by atoms with Crippen LogP contribution < -0.4 is 4.90 Å². The number of anilines is 3. The first-order chi connectivity index (χ1) is 28.4. The molecule has 10 rings (SSSR count). The summed E-state index contributed by atoms with van der Waals surface area (Å²) >= 11 is 0. The molecule has 0 unspecified atom stereocenters. The van der Waals surface area contributed by atoms with E-state index < -0.39 is 0 Å². The molecule has 7 heteroatoms. The number of fused-ring (bicyclic) bond motifs is 4. The maximum absolute atomic E-state index is 11.1. The second kappa shape index (κ2) is 14.1. The molecule has 0 aliphatic carbocycles. The molecular weight excluding hydrogens is 715 g/mol. The third-order valence-corrected chi connectivity index (χ3v) is 10.7. The Labute approximate surface area is 335 Å². The number of phenolic OH excluding ortho intramolecular Hbond substituents is 1. The molecule has 0 spiro atoms. The summed E-state index contributed by atoms with van der Waals surface area (Å²) < 4.78 is 6.62. The van der Waals surface area contributed by atoms with E-state index in [0.29, 0.717) is 23.0 Å². The number of phenols is 1. The maximum Gasteiger partial charge on any atom is 0.167 e. The Morgan fingerprint density at radius 1 is 0.534 bits per heavy atom. The van der Waals surface area contributed by atoms with E-state index in [9.17, 15) is 5.11 Å². The zero-order chi connectivity index (χ0) is 39.3. The van der Waals surface area contributed by atoms with Crippen LogP contribution in [-0.4, -0.2) is 25.0 Å². The van der Waals surface area contributed by atoms with E-state index in [1.54, 1.807) is 12.1 Å². The average molecular weight is 752 g/mol. The van der Waals surface area contributed by atoms with Gasteiger partial charge in [-0.25, -0.2) is 19.9 Å². The molecule has 7 nitrogen and oxygen atoms in total. The van der Waals surface area contributed by atoms with Gasteiger partial charge in [0.15, 0.2) is 17.5 Å². The van der Waals surface area contributed by atoms with Crippen molar-refractivity contribution in [1.29, 1.82) is 0 Å². The lowest BCUT2D eigenvalue weighted by Crippen LogP contribution is -2.12. The summed E-state index contributed by atoms with van der Waals surface area (Å²) in [7, 11) is 0. The van der Waals surface area contributed by atoms with Crippen molar-refractivity contribution < 1.29 is 9.52 Å². The van der Waals surface area contributed by atoms with Crippen LogP contribution >= 0.6 is 0 Å². The molecule has 0 atom stereocenters. The predicted molar refractivity (Wildman–Crippen MR) is 235 cm³/mol. The molecule has 0 saturated carbocycles. The van der Waals surface area contributed by atoms with E-state index in [0.717, 1.165) is 88.8 Å². The molecular formula is C51H37N5O2. The molecule has 278 valence electrons. The van der Waals surface area contributed by atoms with Gasteiger partial charge in [0.25, 0.3) is 0 Å². The van der Waals surface area contributed by atoms with Crippen LogP contribution in [0.25, 0.3) is 78.0 Å². The SMILES string of the molecule is Cc1cc(C)c(-c2nc(-c3cc(-c4cccc5c4oc4ccccc45)cc(N(c4ccccn4)c4cccc5ccccc45)c3)nc(-c3ccccc3O)n2)c(C)c1. The summed E-state index contributed by atoms with van der Waals surface area (Å²) in [4.78, 5) is 22.5. The molecule has 0 amide bonds. The van der Waals surface area contributed by atoms with Crippen molar-refractivity contribution in [2.75, 3.05) is 4.90 Å². The average Bonchev–Trinajstić information content (AvgIpc) is 3.63. The minimum atomic E-state index is 0.0891. The molecule has 3 heterocycles. The summed E-state index contributed by atoms with van der Waals surface area (Å²) in [6, 6.07) is 53.0. The van der Waals surface area contributed by atoms with E-state index in [1.165, 1.54) is 0 Å². The van der Waals surface area contributed by atoms with E-state index >= 15 is 0 Å². The number of nitrogens with zero attached hydrogens (tertiary/aromatic N) is 5. The number of rotatable bonds is 7. The van der Waals surface area contributed by atoms with Gasteiger partial charge in [0, 0.05) is 44.7 Å². The van der Waals surface area contributed by atoms with Crippen LogP contribution in [0.1, 0.15) is 16.7 Å². The monoisotopic (exact) mass is 751 g/mol. The zero-order valence-electron chi connectivity index (χ0n) is 32.2. The van der Waals surface area contributed by atoms with Crippen LogP contribution in [0.15, 0.2) is 168 Å². The van der Waals surface area contributed by atoms with E-state index in [2.05, 4.69) is 123 Å². The second-order valence-corrected chi connectivity index (χ2v) is 14.7. The zero-order valence-corrected chi connectivity index (χ0v) is 32.2. The van der Waals surface area contributed by atoms with Gasteiger partial charge in [0.1, 0.15) is 22.7 Å². The third-order valence-electron chi connectivity index (χ3n) is 10.7. The normalized spacial score (nSPS) is 11.4. The Balaban J connectivity index is 1.29. The molecule has 0 radical (unpaired) electrons. The van der Waals surface area contributed by atoms with Crippen LogP contribution in [0.2, 0.25) is 0 Å². The fourth-order valence-electron chi connectivity index (χ4n) is 8.22. The fourth-order valence-corrected chi connectivity index (χ4v) is 8.22. The van der Waals surface area contributed by atoms with Crippen molar-refractivity contribution in [3.05, 3.63) is 181 Å². The maximum atomic E-state index is 11.1. The van der Waals surface area contributed by atoms with Crippen molar-refractivity contribution >= 4 is 49.9 Å². The molecule has 0 bridgehead atoms. The first kappa shape index (κ1) is 34.8. The number of pyridine rings is 1. The molecule has 3 aromatic heterocycles. The quantitative estimate of drug-likeness (QED) is 0.173. The number of benzene rings is 7. The van der Waals surface area contributed by atoms with Gasteiger partial charge in [-0.1, -0.05) is 109 Å². The summed E-state index contributed by atoms with van der Waals surface area (Å²) in [6.45, 7) is 6.26. The highest BCUT2D eigenvalue weighted by atomic mass is 16.3. The van der Waals surface area contributed by atoms with Crippen LogP contribution in [-0.2, 0) is 0 Å². The lowest BCUT2D eigenvalue weighted by Gasteiger charge is -2.27. The van der Waals surface area contributed by atoms with Gasteiger partial charge >= 0.3 is 0 Å². The lowest BCUT2D eigenvalue weighted by molar-refractivity contribution is 0.477. The van der Waals surface area contributed by atoms with Gasteiger partial charge in [-0.05, 0) is 97.4 Å². The standard InChI is InChI=1S/C51H37N5O2/c1-31-26-32(2)47(33(3)27-31)51-54-49(53-50(55-51)42-18-6-8-22-44(42)57)36-28-35(39-19-13-20-41-40-17-7-9-23-45(40)58-48(39)41)29-37(30-36)56(46-24-10-11-25-52-46)43-21-12-15-34-14-4-5-16-38(34)43/h4-30,57H,1-3H3. The highest BCUT2D eigenvalue weighted by molar-refractivity contribution is 6.10. The topological polar surface area (TPSA) is 88.2 Å². The minimum absolute atomic E-state index is 0.0891. The fraction of sp³-hybridized carbons (Fsp3) is 0.0588. The van der Waals surface area contributed by atoms with Crippen molar-refractivity contribution in [3.8, 4) is 51.0 Å². The number of aryl methyl sites for hydroxylation is 3. The summed E-state index contributed by atoms with van der Waals surface area (Å²) in [5, 5.41) is 15.4. The van der Waals surface area contributed by atoms with E-state index in [-0.39, 0.29) is 5.75 Å². The van der Waals surface area contributed by atoms with E-state index in [1.807, 2.05) is 54.7 Å². The number of hydrogen-bond acceptors (Lipinski definition) is 7. The van der Waals surface area contributed by atoms with Gasteiger partial charge in [-0.15, -0.1) is 0 Å². The highest BCUT2D eigenvalue weighted by Crippen LogP contribution is 2.44. The Kier molecular flexibility index (Phi) is 8.49. The molecule has 0 aliphatic heterocycles. The third kappa shape index (κ3) is 6.10. The van der Waals surface area contributed by atoms with Gasteiger partial charge in [0.05, 0.1) is 11.3 Å². The van der Waals surface area contributed by atoms with Crippen molar-refractivity contribution in [2.45, 2.75) is 20.8 Å². The van der Waals surface area contributed by atoms with Gasteiger partial charge in [0.2, 0.25) is 0 Å². The van der Waals surface area contributed by atoms with Crippen LogP contribution in [0.3, 0.4) is 0 Å². The first-order valence-corrected chi connectivity index (χ1v) is 19.3. The Morgan fingerprint density at radius 2 is 1.19 bits per heavy atom. The second-order valence-electron chi connectivity index (χ2n) is 14.7. The van der Waals surface area contributed by atoms with Crippen LogP contribution in [0, 0.1) is 20.8 Å². The Bertz CT molecular complexity index is 3160. The number of aromatic hydroxyl groups is 1. The summed E-state index contributed by atoms with van der Waals surface area (Å²) in [5.74, 6) is 2.20. The molecule has 10 aromatic rings. The largest absolute Gasteiger partial charge is 0.507 e. The van der Waals surface area contributed by atoms with Crippen LogP contribution in [0.4, 0.5) is 17.2 Å². The minimum Gasteiger partial charge on any atom is -0.507 e. The van der Waals surface area contributed by atoms with Crippen molar-refractivity contribution in [1.82, 2.24) is 19.9 Å². The van der Waals surface area contributed by atoms with Crippen molar-refractivity contribution in [2.24, 2.45) is 0 Å². The van der Waals surface area contributed by atoms with Gasteiger partial charge < -0.3 is 9.52 Å². The van der Waals surface area contributed by atoms with Gasteiger partial charge in [-0.3, -0.25) is 4.90 Å². The smallest absolute Gasteiger partial charge is 0.167 e. The summed E-state index contributed by atoms with van der Waals surface area (Å²) in [6.07, 6.45) is 1.82. The summed E-state index contributed by atoms with van der Waals surface area (Å²) in [5.41, 5.74) is 10.8. The Hall–Kier alpha value is -7.64. The molecule has 58 heavy (non-hydrogen) atoms. The molecule has 0 fully saturated rings. The Morgan fingerprint density at radius 3 is 2.02 bits per heavy atom. The molecule has 7 aromatic carbocycles. The molecule has 0 aliphatic rings. The molecule has 0 saturated heterocycles. The highest BCUT2D eigenvalue weighted by Gasteiger charge is 2.23. The number of para-hydroxylation sites is 3. The lowest BCUT2D eigenvalue weighted by atomic mass is 9.97. The van der Waals surface area contributed by atoms with Gasteiger partial charge in [-0.2, -0.15) is 0 Å². The molecule has 1 N–H and O–H groups in total.